The molecule has 100 valence electrons. The third kappa shape index (κ3) is 3.29. The second-order valence-electron chi connectivity index (χ2n) is 5.28. The lowest BCUT2D eigenvalue weighted by Gasteiger charge is -2.24. The highest BCUT2D eigenvalue weighted by Crippen LogP contribution is 2.30. The van der Waals surface area contributed by atoms with Gasteiger partial charge in [-0.3, -0.25) is 0 Å². The van der Waals surface area contributed by atoms with Gasteiger partial charge < -0.3 is 5.32 Å². The zero-order valence-electron chi connectivity index (χ0n) is 10.8. The minimum absolute atomic E-state index is 0.0936. The van der Waals surface area contributed by atoms with Crippen LogP contribution in [0.4, 0.5) is 8.78 Å². The quantitative estimate of drug-likeness (QED) is 0.838. The van der Waals surface area contributed by atoms with E-state index in [1.165, 1.54) is 37.8 Å². The van der Waals surface area contributed by atoms with Crippen LogP contribution in [-0.2, 0) is 5.92 Å². The van der Waals surface area contributed by atoms with Gasteiger partial charge in [0.25, 0.3) is 5.92 Å². The first kappa shape index (κ1) is 13.5. The van der Waals surface area contributed by atoms with Gasteiger partial charge in [0, 0.05) is 11.6 Å². The van der Waals surface area contributed by atoms with Gasteiger partial charge in [0.05, 0.1) is 6.54 Å². The summed E-state index contributed by atoms with van der Waals surface area (Å²) in [6.07, 6.45) is 4.83. The molecule has 1 saturated carbocycles. The average molecular weight is 253 g/mol. The Labute approximate surface area is 108 Å². The van der Waals surface area contributed by atoms with Crippen molar-refractivity contribution in [2.75, 3.05) is 6.54 Å². The van der Waals surface area contributed by atoms with Gasteiger partial charge in [-0.2, -0.15) is 8.78 Å². The molecule has 0 saturated heterocycles. The molecule has 0 bridgehead atoms. The molecule has 1 fully saturated rings. The fraction of sp³-hybridized carbons (Fsp3) is 0.600. The highest BCUT2D eigenvalue weighted by Gasteiger charge is 2.32. The maximum Gasteiger partial charge on any atom is 0.285 e. The van der Waals surface area contributed by atoms with Crippen molar-refractivity contribution in [1.29, 1.82) is 0 Å². The summed E-state index contributed by atoms with van der Waals surface area (Å²) < 4.78 is 27.9. The zero-order chi connectivity index (χ0) is 13.0. The van der Waals surface area contributed by atoms with Crippen molar-refractivity contribution in [3.05, 3.63) is 35.9 Å². The first-order valence-corrected chi connectivity index (χ1v) is 6.76. The topological polar surface area (TPSA) is 12.0 Å². The predicted molar refractivity (Wildman–Crippen MR) is 69.8 cm³/mol. The molecule has 1 aromatic rings. The van der Waals surface area contributed by atoms with Gasteiger partial charge in [0.2, 0.25) is 0 Å². The number of halogens is 2. The Balaban J connectivity index is 1.88. The highest BCUT2D eigenvalue weighted by molar-refractivity contribution is 5.20. The van der Waals surface area contributed by atoms with Crippen LogP contribution in [0, 0.1) is 5.92 Å². The first-order valence-electron chi connectivity index (χ1n) is 6.76. The molecule has 0 spiro atoms. The monoisotopic (exact) mass is 253 g/mol. The van der Waals surface area contributed by atoms with Gasteiger partial charge in [-0.15, -0.1) is 0 Å². The van der Waals surface area contributed by atoms with Gasteiger partial charge >= 0.3 is 0 Å². The molecular weight excluding hydrogens is 232 g/mol. The lowest BCUT2D eigenvalue weighted by Crippen LogP contribution is -2.39. The minimum Gasteiger partial charge on any atom is -0.308 e. The van der Waals surface area contributed by atoms with E-state index >= 15 is 0 Å². The Morgan fingerprint density at radius 2 is 1.83 bits per heavy atom. The molecule has 1 aliphatic rings. The van der Waals surface area contributed by atoms with E-state index < -0.39 is 5.92 Å². The van der Waals surface area contributed by atoms with Crippen LogP contribution >= 0.6 is 0 Å². The number of alkyl halides is 2. The minimum atomic E-state index is -2.78. The van der Waals surface area contributed by atoms with Crippen LogP contribution in [0.15, 0.2) is 30.3 Å². The van der Waals surface area contributed by atoms with Gasteiger partial charge in [-0.05, 0) is 25.7 Å². The van der Waals surface area contributed by atoms with Gasteiger partial charge in [-0.25, -0.2) is 0 Å². The van der Waals surface area contributed by atoms with E-state index in [2.05, 4.69) is 5.32 Å². The normalized spacial score (nSPS) is 19.1. The van der Waals surface area contributed by atoms with E-state index in [9.17, 15) is 8.78 Å². The summed E-state index contributed by atoms with van der Waals surface area (Å²) in [6, 6.07) is 8.23. The maximum absolute atomic E-state index is 13.9. The van der Waals surface area contributed by atoms with Crippen LogP contribution in [-0.4, -0.2) is 12.6 Å². The van der Waals surface area contributed by atoms with Crippen molar-refractivity contribution in [2.24, 2.45) is 5.92 Å². The maximum atomic E-state index is 13.9. The van der Waals surface area contributed by atoms with Gasteiger partial charge in [0.15, 0.2) is 0 Å². The van der Waals surface area contributed by atoms with Crippen molar-refractivity contribution in [3.63, 3.8) is 0 Å². The lowest BCUT2D eigenvalue weighted by atomic mass is 9.99. The summed E-state index contributed by atoms with van der Waals surface area (Å²) >= 11 is 0. The van der Waals surface area contributed by atoms with Crippen molar-refractivity contribution >= 4 is 0 Å². The summed E-state index contributed by atoms with van der Waals surface area (Å²) in [5, 5.41) is 3.01. The number of hydrogen-bond donors (Lipinski definition) is 1. The third-order valence-electron chi connectivity index (χ3n) is 3.95. The number of nitrogens with one attached hydrogen (secondary N) is 1. The molecular formula is C15H21F2N. The summed E-state index contributed by atoms with van der Waals surface area (Å²) in [6.45, 7) is 1.76. The fourth-order valence-corrected chi connectivity index (χ4v) is 2.70. The standard InChI is InChI=1S/C15H21F2N/c1-12(13-7-5-6-8-13)18-11-15(16,17)14-9-3-2-4-10-14/h2-4,9-10,12-13,18H,5-8,11H2,1H3/t12-/m1/s1. The number of rotatable bonds is 5. The Hall–Kier alpha value is -0.960. The van der Waals surface area contributed by atoms with E-state index in [0.717, 1.165) is 0 Å². The molecule has 0 aliphatic heterocycles. The van der Waals surface area contributed by atoms with E-state index in [1.54, 1.807) is 18.2 Å². The molecule has 2 rings (SSSR count). The van der Waals surface area contributed by atoms with Crippen molar-refractivity contribution in [1.82, 2.24) is 5.32 Å². The van der Waals surface area contributed by atoms with E-state index in [1.807, 2.05) is 6.92 Å². The molecule has 0 amide bonds. The number of benzene rings is 1. The smallest absolute Gasteiger partial charge is 0.285 e. The van der Waals surface area contributed by atoms with Crippen LogP contribution in [0.5, 0.6) is 0 Å². The van der Waals surface area contributed by atoms with Crippen LogP contribution in [0.3, 0.4) is 0 Å². The second-order valence-corrected chi connectivity index (χ2v) is 5.28. The molecule has 0 aromatic heterocycles. The summed E-state index contributed by atoms with van der Waals surface area (Å²) in [4.78, 5) is 0. The summed E-state index contributed by atoms with van der Waals surface area (Å²) in [5.74, 6) is -2.22. The molecule has 0 heterocycles. The molecule has 1 atom stereocenters. The van der Waals surface area contributed by atoms with Crippen LogP contribution < -0.4 is 5.32 Å². The zero-order valence-corrected chi connectivity index (χ0v) is 10.8. The van der Waals surface area contributed by atoms with Crippen LogP contribution in [0.1, 0.15) is 38.2 Å². The summed E-state index contributed by atoms with van der Waals surface area (Å²) in [7, 11) is 0. The van der Waals surface area contributed by atoms with Gasteiger partial charge in [-0.1, -0.05) is 43.2 Å². The van der Waals surface area contributed by atoms with Crippen LogP contribution in [0.25, 0.3) is 0 Å². The van der Waals surface area contributed by atoms with E-state index in [4.69, 9.17) is 0 Å². The molecule has 1 N–H and O–H groups in total. The molecule has 3 heteroatoms. The molecule has 18 heavy (non-hydrogen) atoms. The molecule has 1 nitrogen and oxygen atoms in total. The van der Waals surface area contributed by atoms with Crippen LogP contribution in [0.2, 0.25) is 0 Å². The summed E-state index contributed by atoms with van der Waals surface area (Å²) in [5.41, 5.74) is 0.0936. The number of hydrogen-bond acceptors (Lipinski definition) is 1. The third-order valence-corrected chi connectivity index (χ3v) is 3.95. The second kappa shape index (κ2) is 5.79. The van der Waals surface area contributed by atoms with Crippen molar-refractivity contribution < 1.29 is 8.78 Å². The van der Waals surface area contributed by atoms with Crippen molar-refractivity contribution in [3.8, 4) is 0 Å². The SMILES string of the molecule is C[C@@H](NCC(F)(F)c1ccccc1)C1CCCC1. The van der Waals surface area contributed by atoms with Gasteiger partial charge in [0.1, 0.15) is 0 Å². The fourth-order valence-electron chi connectivity index (χ4n) is 2.70. The Morgan fingerprint density at radius 1 is 1.22 bits per heavy atom. The largest absolute Gasteiger partial charge is 0.308 e. The molecule has 1 aromatic carbocycles. The highest BCUT2D eigenvalue weighted by atomic mass is 19.3. The first-order chi connectivity index (χ1) is 8.59. The molecule has 0 radical (unpaired) electrons. The Bertz CT molecular complexity index is 358. The van der Waals surface area contributed by atoms with Crippen molar-refractivity contribution in [2.45, 2.75) is 44.6 Å². The lowest BCUT2D eigenvalue weighted by molar-refractivity contribution is -0.00685. The van der Waals surface area contributed by atoms with E-state index in [0.29, 0.717) is 5.92 Å². The van der Waals surface area contributed by atoms with E-state index in [-0.39, 0.29) is 18.2 Å². The Morgan fingerprint density at radius 3 is 2.44 bits per heavy atom. The predicted octanol–water partition coefficient (Wildman–Crippen LogP) is 3.95. The molecule has 0 unspecified atom stereocenters. The Kier molecular flexibility index (Phi) is 4.33. The average Bonchev–Trinajstić information content (AvgIpc) is 2.91. The molecule has 1 aliphatic carbocycles.